The molecule has 6 heteroatoms. The van der Waals surface area contributed by atoms with E-state index < -0.39 is 18.0 Å². The number of carbonyl (C=O) groups excluding carboxylic acids is 2. The molecule has 6 nitrogen and oxygen atoms in total. The van der Waals surface area contributed by atoms with Crippen LogP contribution in [0.4, 0.5) is 4.79 Å². The predicted octanol–water partition coefficient (Wildman–Crippen LogP) is -0.536. The van der Waals surface area contributed by atoms with Gasteiger partial charge in [-0.25, -0.2) is 4.79 Å². The van der Waals surface area contributed by atoms with Gasteiger partial charge in [0.25, 0.3) is 0 Å². The quantitative estimate of drug-likeness (QED) is 0.488. The van der Waals surface area contributed by atoms with Gasteiger partial charge in [0, 0.05) is 6.04 Å². The second kappa shape index (κ2) is 6.44. The van der Waals surface area contributed by atoms with Crippen LogP contribution < -0.4 is 16.4 Å². The standard InChI is InChI=1S/C10H19N3O3/c11-10(16)13-9(15)6-12-7-4-2-1-3-5-8(7)14/h7-8,12,14H,1-6H2,(H3,11,13,15,16). The van der Waals surface area contributed by atoms with Gasteiger partial charge < -0.3 is 16.2 Å². The van der Waals surface area contributed by atoms with E-state index in [2.05, 4.69) is 5.32 Å². The number of hydrogen-bond donors (Lipinski definition) is 4. The van der Waals surface area contributed by atoms with Crippen LogP contribution in [0, 0.1) is 0 Å². The molecular formula is C10H19N3O3. The van der Waals surface area contributed by atoms with Crippen LogP contribution in [-0.2, 0) is 4.79 Å². The second-order valence-corrected chi connectivity index (χ2v) is 4.11. The zero-order valence-electron chi connectivity index (χ0n) is 9.24. The van der Waals surface area contributed by atoms with Crippen molar-refractivity contribution in [1.29, 1.82) is 0 Å². The number of amides is 3. The fraction of sp³-hybridized carbons (Fsp3) is 0.800. The molecule has 1 fully saturated rings. The zero-order chi connectivity index (χ0) is 12.0. The van der Waals surface area contributed by atoms with Gasteiger partial charge in [-0.2, -0.15) is 0 Å². The third-order valence-corrected chi connectivity index (χ3v) is 2.77. The highest BCUT2D eigenvalue weighted by Gasteiger charge is 2.21. The minimum absolute atomic E-state index is 0.00463. The molecular weight excluding hydrogens is 210 g/mol. The number of primary amides is 1. The molecule has 0 heterocycles. The maximum atomic E-state index is 11.1. The first-order valence-corrected chi connectivity index (χ1v) is 5.60. The first-order valence-electron chi connectivity index (χ1n) is 5.60. The lowest BCUT2D eigenvalue weighted by molar-refractivity contribution is -0.119. The Morgan fingerprint density at radius 2 is 1.94 bits per heavy atom. The van der Waals surface area contributed by atoms with Crippen molar-refractivity contribution in [2.24, 2.45) is 5.73 Å². The van der Waals surface area contributed by atoms with Crippen LogP contribution in [-0.4, -0.2) is 35.7 Å². The van der Waals surface area contributed by atoms with Crippen molar-refractivity contribution in [1.82, 2.24) is 10.6 Å². The Kier molecular flexibility index (Phi) is 5.21. The fourth-order valence-electron chi connectivity index (χ4n) is 1.93. The van der Waals surface area contributed by atoms with Gasteiger partial charge >= 0.3 is 6.03 Å². The summed E-state index contributed by atoms with van der Waals surface area (Å²) in [5, 5.41) is 14.7. The SMILES string of the molecule is NC(=O)NC(=O)CNC1CCCCCC1O. The van der Waals surface area contributed by atoms with E-state index in [1.54, 1.807) is 0 Å². The number of aliphatic hydroxyl groups is 1. The van der Waals surface area contributed by atoms with Crippen molar-refractivity contribution in [2.45, 2.75) is 44.2 Å². The number of nitrogens with one attached hydrogen (secondary N) is 2. The summed E-state index contributed by atoms with van der Waals surface area (Å²) in [6.45, 7) is 0.00463. The Balaban J connectivity index is 2.29. The molecule has 1 saturated carbocycles. The van der Waals surface area contributed by atoms with Crippen molar-refractivity contribution >= 4 is 11.9 Å². The van der Waals surface area contributed by atoms with E-state index in [1.165, 1.54) is 0 Å². The molecule has 1 aliphatic carbocycles. The molecule has 0 bridgehead atoms. The molecule has 0 aromatic heterocycles. The van der Waals surface area contributed by atoms with Gasteiger partial charge in [-0.15, -0.1) is 0 Å². The number of hydrogen-bond acceptors (Lipinski definition) is 4. The summed E-state index contributed by atoms with van der Waals surface area (Å²) in [4.78, 5) is 21.5. The largest absolute Gasteiger partial charge is 0.392 e. The molecule has 1 rings (SSSR count). The van der Waals surface area contributed by atoms with Crippen LogP contribution in [0.1, 0.15) is 32.1 Å². The third-order valence-electron chi connectivity index (χ3n) is 2.77. The average molecular weight is 229 g/mol. The number of imide groups is 1. The molecule has 5 N–H and O–H groups in total. The second-order valence-electron chi connectivity index (χ2n) is 4.11. The number of nitrogens with two attached hydrogens (primary N) is 1. The van der Waals surface area contributed by atoms with Crippen molar-refractivity contribution in [3.05, 3.63) is 0 Å². The summed E-state index contributed by atoms with van der Waals surface area (Å²) in [5.41, 5.74) is 4.81. The molecule has 16 heavy (non-hydrogen) atoms. The van der Waals surface area contributed by atoms with Crippen LogP contribution in [0.25, 0.3) is 0 Å². The van der Waals surface area contributed by atoms with Crippen LogP contribution in [0.15, 0.2) is 0 Å². The highest BCUT2D eigenvalue weighted by atomic mass is 16.3. The summed E-state index contributed by atoms with van der Waals surface area (Å²) >= 11 is 0. The molecule has 0 radical (unpaired) electrons. The van der Waals surface area contributed by atoms with Gasteiger partial charge in [-0.1, -0.05) is 19.3 Å². The molecule has 0 saturated heterocycles. The van der Waals surface area contributed by atoms with Crippen molar-refractivity contribution in [3.63, 3.8) is 0 Å². The topological polar surface area (TPSA) is 104 Å². The van der Waals surface area contributed by atoms with Gasteiger partial charge in [-0.05, 0) is 12.8 Å². The fourth-order valence-corrected chi connectivity index (χ4v) is 1.93. The maximum absolute atomic E-state index is 11.1. The van der Waals surface area contributed by atoms with E-state index in [0.29, 0.717) is 0 Å². The summed E-state index contributed by atoms with van der Waals surface area (Å²) in [7, 11) is 0. The van der Waals surface area contributed by atoms with Crippen molar-refractivity contribution in [2.75, 3.05) is 6.54 Å². The molecule has 92 valence electrons. The van der Waals surface area contributed by atoms with Crippen LogP contribution >= 0.6 is 0 Å². The minimum Gasteiger partial charge on any atom is -0.392 e. The molecule has 2 unspecified atom stereocenters. The number of carbonyl (C=O) groups is 2. The zero-order valence-corrected chi connectivity index (χ0v) is 9.24. The maximum Gasteiger partial charge on any atom is 0.318 e. The van der Waals surface area contributed by atoms with E-state index in [4.69, 9.17) is 5.73 Å². The van der Waals surface area contributed by atoms with Crippen LogP contribution in [0.2, 0.25) is 0 Å². The van der Waals surface area contributed by atoms with Gasteiger partial charge in [-0.3, -0.25) is 10.1 Å². The molecule has 0 aliphatic heterocycles. The molecule has 3 amide bonds. The number of rotatable bonds is 3. The normalized spacial score (nSPS) is 25.8. The van der Waals surface area contributed by atoms with Crippen molar-refractivity contribution in [3.8, 4) is 0 Å². The van der Waals surface area contributed by atoms with Gasteiger partial charge in [0.2, 0.25) is 5.91 Å². The van der Waals surface area contributed by atoms with E-state index in [0.717, 1.165) is 32.1 Å². The smallest absolute Gasteiger partial charge is 0.318 e. The van der Waals surface area contributed by atoms with E-state index in [9.17, 15) is 14.7 Å². The molecule has 0 spiro atoms. The van der Waals surface area contributed by atoms with Crippen molar-refractivity contribution < 1.29 is 14.7 Å². The van der Waals surface area contributed by atoms with Crippen LogP contribution in [0.5, 0.6) is 0 Å². The molecule has 0 aromatic carbocycles. The number of aliphatic hydroxyl groups excluding tert-OH is 1. The lowest BCUT2D eigenvalue weighted by Crippen LogP contribution is -2.46. The third kappa shape index (κ3) is 4.59. The van der Waals surface area contributed by atoms with E-state index >= 15 is 0 Å². The Morgan fingerprint density at radius 3 is 2.62 bits per heavy atom. The number of urea groups is 1. The monoisotopic (exact) mass is 229 g/mol. The summed E-state index contributed by atoms with van der Waals surface area (Å²) in [6.07, 6.45) is 4.38. The summed E-state index contributed by atoms with van der Waals surface area (Å²) in [6, 6.07) is -0.922. The van der Waals surface area contributed by atoms with E-state index in [-0.39, 0.29) is 12.6 Å². The Hall–Kier alpha value is -1.14. The van der Waals surface area contributed by atoms with Gasteiger partial charge in [0.15, 0.2) is 0 Å². The Labute approximate surface area is 94.6 Å². The molecule has 2 atom stereocenters. The molecule has 1 aliphatic rings. The van der Waals surface area contributed by atoms with E-state index in [1.807, 2.05) is 5.32 Å². The Bertz CT molecular complexity index is 258. The van der Waals surface area contributed by atoms with Crippen LogP contribution in [0.3, 0.4) is 0 Å². The summed E-state index contributed by atoms with van der Waals surface area (Å²) < 4.78 is 0. The first-order chi connectivity index (χ1) is 7.59. The first kappa shape index (κ1) is 12.9. The lowest BCUT2D eigenvalue weighted by Gasteiger charge is -2.21. The van der Waals surface area contributed by atoms with Gasteiger partial charge in [0.05, 0.1) is 12.6 Å². The average Bonchev–Trinajstić information content (AvgIpc) is 2.39. The van der Waals surface area contributed by atoms with Gasteiger partial charge in [0.1, 0.15) is 0 Å². The minimum atomic E-state index is -0.854. The lowest BCUT2D eigenvalue weighted by atomic mass is 10.1. The summed E-state index contributed by atoms with van der Waals surface area (Å²) in [5.74, 6) is -0.469. The molecule has 0 aromatic rings. The highest BCUT2D eigenvalue weighted by Crippen LogP contribution is 2.17. The highest BCUT2D eigenvalue weighted by molar-refractivity contribution is 5.94. The predicted molar refractivity (Wildman–Crippen MR) is 58.6 cm³/mol. The Morgan fingerprint density at radius 1 is 1.25 bits per heavy atom.